The number of hydrogen-bond acceptors (Lipinski definition) is 3. The Morgan fingerprint density at radius 2 is 0.818 bits per heavy atom. The van der Waals surface area contributed by atoms with Gasteiger partial charge in [-0.15, -0.1) is 47.3 Å². The number of aliphatic hydroxyl groups is 2. The lowest BCUT2D eigenvalue weighted by Gasteiger charge is -2.06. The first-order valence-corrected chi connectivity index (χ1v) is 17.9. The third-order valence-corrected chi connectivity index (χ3v) is 7.46. The van der Waals surface area contributed by atoms with Gasteiger partial charge in [-0.2, -0.15) is 0 Å². The number of halogens is 3. The topological polar surface area (TPSA) is 60.7 Å². The van der Waals surface area contributed by atoms with Crippen molar-refractivity contribution in [1.82, 2.24) is 0 Å². The molecule has 0 spiro atoms. The number of phenolic OH excluding ortho intramolecular Hbond substituents is 1. The lowest BCUT2D eigenvalue weighted by Crippen LogP contribution is -1.92. The Hall–Kier alpha value is -1.90. The second-order valence-electron chi connectivity index (χ2n) is 11.4. The number of benzene rings is 4. The average molecular weight is 789 g/mol. The van der Waals surface area contributed by atoms with Crippen LogP contribution in [-0.4, -0.2) is 18.5 Å². The van der Waals surface area contributed by atoms with Crippen LogP contribution >= 0.6 is 47.3 Å². The molecule has 44 heavy (non-hydrogen) atoms. The number of fused-ring (bicyclic) bond motifs is 2. The fourth-order valence-corrected chi connectivity index (χ4v) is 4.88. The van der Waals surface area contributed by atoms with Crippen molar-refractivity contribution >= 4 is 50.5 Å². The van der Waals surface area contributed by atoms with Crippen LogP contribution in [0, 0.1) is 20.8 Å². The maximum absolute atomic E-state index is 9.35. The molecule has 0 aliphatic heterocycles. The van der Waals surface area contributed by atoms with E-state index in [0.717, 1.165) is 11.1 Å². The maximum Gasteiger partial charge on any atom is 0.369 e. The number of hydrogen-bond donors (Lipinski definition) is 3. The van der Waals surface area contributed by atoms with Gasteiger partial charge < -0.3 is 15.3 Å². The number of aryl methyl sites for hydroxylation is 7. The van der Waals surface area contributed by atoms with Gasteiger partial charge in [0.2, 0.25) is 0 Å². The summed E-state index contributed by atoms with van der Waals surface area (Å²) in [4.78, 5) is 0. The average Bonchev–Trinajstić information content (AvgIpc) is 3.65. The van der Waals surface area contributed by atoms with Crippen molar-refractivity contribution in [2.45, 2.75) is 85.4 Å². The summed E-state index contributed by atoms with van der Waals surface area (Å²) < 4.78 is 0.271. The molecule has 0 heterocycles. The van der Waals surface area contributed by atoms with Crippen LogP contribution in [0.2, 0.25) is 0 Å². The summed E-state index contributed by atoms with van der Waals surface area (Å²) in [5, 5.41) is 27.5. The normalized spacial score (nSPS) is 13.5. The Labute approximate surface area is 290 Å². The van der Waals surface area contributed by atoms with Crippen molar-refractivity contribution in [2.24, 2.45) is 0 Å². The predicted octanol–water partition coefficient (Wildman–Crippen LogP) is 10.6. The first-order chi connectivity index (χ1) is 20.8. The summed E-state index contributed by atoms with van der Waals surface area (Å²) >= 11 is 9.31. The van der Waals surface area contributed by atoms with E-state index in [2.05, 4.69) is 110 Å². The van der Waals surface area contributed by atoms with Crippen LogP contribution in [0.1, 0.15) is 89.0 Å². The molecular formula is C37H46BBr3O3. The molecule has 3 nitrogen and oxygen atoms in total. The van der Waals surface area contributed by atoms with Gasteiger partial charge in [0.15, 0.2) is 0 Å². The van der Waals surface area contributed by atoms with Crippen molar-refractivity contribution in [2.75, 3.05) is 0 Å². The molecule has 0 amide bonds. The highest BCUT2D eigenvalue weighted by atomic mass is 79.9. The van der Waals surface area contributed by atoms with Gasteiger partial charge in [0.25, 0.3) is 0 Å². The van der Waals surface area contributed by atoms with Gasteiger partial charge in [-0.05, 0) is 119 Å². The molecule has 2 unspecified atom stereocenters. The summed E-state index contributed by atoms with van der Waals surface area (Å²) in [5.41, 5.74) is 11.8. The molecule has 236 valence electrons. The molecule has 4 aromatic rings. The second-order valence-corrected chi connectivity index (χ2v) is 17.8. The summed E-state index contributed by atoms with van der Waals surface area (Å²) in [6.45, 7) is 9.81. The summed E-state index contributed by atoms with van der Waals surface area (Å²) in [5.74, 6) is 0.329. The van der Waals surface area contributed by atoms with Gasteiger partial charge in [-0.3, -0.25) is 0 Å². The van der Waals surface area contributed by atoms with E-state index in [1.807, 2.05) is 45.0 Å². The predicted molar refractivity (Wildman–Crippen MR) is 199 cm³/mol. The molecule has 4 aromatic carbocycles. The Kier molecular flexibility index (Phi) is 17.6. The number of aliphatic hydroxyl groups excluding tert-OH is 2. The minimum absolute atomic E-state index is 0.271. The lowest BCUT2D eigenvalue weighted by molar-refractivity contribution is 0.199. The maximum atomic E-state index is 9.35. The first kappa shape index (κ1) is 38.3. The van der Waals surface area contributed by atoms with Crippen molar-refractivity contribution < 1.29 is 15.3 Å². The molecule has 0 saturated carbocycles. The minimum atomic E-state index is -0.323. The third kappa shape index (κ3) is 14.9. The van der Waals surface area contributed by atoms with E-state index in [1.54, 1.807) is 12.1 Å². The Morgan fingerprint density at radius 1 is 0.523 bits per heavy atom. The zero-order valence-electron chi connectivity index (χ0n) is 26.5. The highest BCUT2D eigenvalue weighted by Gasteiger charge is 2.12. The third-order valence-electron chi connectivity index (χ3n) is 7.46. The largest absolute Gasteiger partial charge is 0.508 e. The van der Waals surface area contributed by atoms with Gasteiger partial charge in [-0.1, -0.05) is 89.5 Å². The van der Waals surface area contributed by atoms with Gasteiger partial charge in [0, 0.05) is 0 Å². The van der Waals surface area contributed by atoms with Crippen LogP contribution in [0.3, 0.4) is 0 Å². The van der Waals surface area contributed by atoms with Crippen LogP contribution < -0.4 is 0 Å². The smallest absolute Gasteiger partial charge is 0.369 e. The van der Waals surface area contributed by atoms with Gasteiger partial charge >= 0.3 is 3.18 Å². The molecule has 2 atom stereocenters. The Bertz CT molecular complexity index is 1240. The van der Waals surface area contributed by atoms with E-state index in [0.29, 0.717) is 5.75 Å². The Balaban J connectivity index is 0.000000200. The molecule has 2 aliphatic rings. The van der Waals surface area contributed by atoms with Crippen LogP contribution in [0.4, 0.5) is 0 Å². The summed E-state index contributed by atoms with van der Waals surface area (Å²) in [6.07, 6.45) is 6.72. The van der Waals surface area contributed by atoms with E-state index in [9.17, 15) is 10.2 Å². The summed E-state index contributed by atoms with van der Waals surface area (Å²) in [6, 6.07) is 28.3. The van der Waals surface area contributed by atoms with Crippen molar-refractivity contribution in [3.8, 4) is 5.75 Å². The monoisotopic (exact) mass is 786 g/mol. The molecule has 0 aromatic heterocycles. The molecule has 0 fully saturated rings. The van der Waals surface area contributed by atoms with Gasteiger partial charge in [0.1, 0.15) is 5.75 Å². The SMILES string of the molecule is BrB(Br)Br.CC(O)c1ccc2c(c1)CCC2.CC(O)c1ccc2c(c1)CCC2.Cc1ccc(C)cc1.Cc1ccc(O)cc1. The molecular weight excluding hydrogens is 743 g/mol. The van der Waals surface area contributed by atoms with Crippen LogP contribution in [-0.2, 0) is 25.7 Å². The first-order valence-electron chi connectivity index (χ1n) is 15.2. The van der Waals surface area contributed by atoms with Crippen molar-refractivity contribution in [1.29, 1.82) is 0 Å². The molecule has 0 radical (unpaired) electrons. The number of aromatic hydroxyl groups is 1. The van der Waals surface area contributed by atoms with Crippen molar-refractivity contribution in [3.05, 3.63) is 135 Å². The van der Waals surface area contributed by atoms with Crippen molar-refractivity contribution in [3.63, 3.8) is 0 Å². The molecule has 3 N–H and O–H groups in total. The lowest BCUT2D eigenvalue weighted by atomic mass is 10.0. The van der Waals surface area contributed by atoms with Crippen LogP contribution in [0.25, 0.3) is 0 Å². The molecule has 0 saturated heterocycles. The minimum Gasteiger partial charge on any atom is -0.508 e. The van der Waals surface area contributed by atoms with Crippen LogP contribution in [0.15, 0.2) is 84.9 Å². The fourth-order valence-electron chi connectivity index (χ4n) is 4.88. The highest BCUT2D eigenvalue weighted by Crippen LogP contribution is 2.26. The molecule has 6 rings (SSSR count). The van der Waals surface area contributed by atoms with E-state index in [4.69, 9.17) is 5.11 Å². The van der Waals surface area contributed by atoms with E-state index in [1.165, 1.54) is 77.5 Å². The van der Waals surface area contributed by atoms with Gasteiger partial charge in [-0.25, -0.2) is 0 Å². The zero-order chi connectivity index (χ0) is 32.6. The number of rotatable bonds is 2. The molecule has 2 aliphatic carbocycles. The number of phenols is 1. The van der Waals surface area contributed by atoms with E-state index >= 15 is 0 Å². The zero-order valence-corrected chi connectivity index (χ0v) is 31.3. The van der Waals surface area contributed by atoms with E-state index in [-0.39, 0.29) is 15.4 Å². The fraction of sp³-hybridized carbons (Fsp3) is 0.351. The van der Waals surface area contributed by atoms with Gasteiger partial charge in [0.05, 0.1) is 12.2 Å². The standard InChI is InChI=1S/2C11H14O.C8H10.C7H8O.BBr3/c2*1-8(12)10-6-5-9-3-2-4-11(9)7-10;1-7-3-5-8(2)6-4-7;1-6-2-4-7(8)5-3-6;2-1(3)4/h2*5-8,12H,2-4H2,1H3;3-6H,1-2H3;2-5,8H,1H3;. The second kappa shape index (κ2) is 20.3. The summed E-state index contributed by atoms with van der Waals surface area (Å²) in [7, 11) is 0. The highest BCUT2D eigenvalue weighted by molar-refractivity contribution is 9.69. The van der Waals surface area contributed by atoms with E-state index < -0.39 is 0 Å². The Morgan fingerprint density at radius 3 is 1.11 bits per heavy atom. The molecule has 7 heteroatoms. The quantitative estimate of drug-likeness (QED) is 0.177. The van der Waals surface area contributed by atoms with Crippen LogP contribution in [0.5, 0.6) is 5.75 Å². The molecule has 0 bridgehead atoms.